The van der Waals surface area contributed by atoms with Gasteiger partial charge in [0.1, 0.15) is 5.75 Å². The number of aryl methyl sites for hydroxylation is 1. The van der Waals surface area contributed by atoms with Crippen molar-refractivity contribution >= 4 is 40.3 Å². The third kappa shape index (κ3) is 3.91. The third-order valence-electron chi connectivity index (χ3n) is 4.20. The normalized spacial score (nSPS) is 14.6. The van der Waals surface area contributed by atoms with Gasteiger partial charge in [0, 0.05) is 42.6 Å². The molecule has 0 aliphatic carbocycles. The lowest BCUT2D eigenvalue weighted by atomic mass is 10.2. The van der Waals surface area contributed by atoms with Crippen molar-refractivity contribution in [2.24, 2.45) is 0 Å². The summed E-state index contributed by atoms with van der Waals surface area (Å²) in [5, 5.41) is 14.1. The lowest BCUT2D eigenvalue weighted by Crippen LogP contribution is -2.50. The number of phenols is 1. The number of halogens is 1. The first kappa shape index (κ1) is 16.9. The summed E-state index contributed by atoms with van der Waals surface area (Å²) in [7, 11) is 0. The molecule has 1 fully saturated rings. The summed E-state index contributed by atoms with van der Waals surface area (Å²) < 4.78 is 0. The van der Waals surface area contributed by atoms with Gasteiger partial charge in [-0.3, -0.25) is 0 Å². The maximum absolute atomic E-state index is 9.39. The van der Waals surface area contributed by atoms with E-state index in [1.165, 1.54) is 0 Å². The standard InChI is InChI=1S/C18H20ClN3OS/c1-13-2-3-14(12-17(13)19)20-18(24)22-10-8-21(9-11-22)15-4-6-16(23)7-5-15/h2-7,12,23H,8-11H2,1H3,(H,20,24). The molecule has 0 aromatic heterocycles. The largest absolute Gasteiger partial charge is 0.508 e. The Kier molecular flexibility index (Phi) is 5.11. The molecule has 0 atom stereocenters. The lowest BCUT2D eigenvalue weighted by Gasteiger charge is -2.37. The molecule has 0 bridgehead atoms. The monoisotopic (exact) mass is 361 g/mol. The number of benzene rings is 2. The van der Waals surface area contributed by atoms with E-state index in [2.05, 4.69) is 15.1 Å². The second-order valence-corrected chi connectivity index (χ2v) is 6.68. The van der Waals surface area contributed by atoms with Gasteiger partial charge in [-0.1, -0.05) is 17.7 Å². The zero-order chi connectivity index (χ0) is 17.1. The maximum Gasteiger partial charge on any atom is 0.173 e. The summed E-state index contributed by atoms with van der Waals surface area (Å²) in [6.07, 6.45) is 0. The molecule has 3 rings (SSSR count). The van der Waals surface area contributed by atoms with Gasteiger partial charge in [0.25, 0.3) is 0 Å². The Labute approximate surface area is 152 Å². The molecule has 2 aromatic carbocycles. The lowest BCUT2D eigenvalue weighted by molar-refractivity contribution is 0.391. The predicted octanol–water partition coefficient (Wildman–Crippen LogP) is 3.87. The smallest absolute Gasteiger partial charge is 0.173 e. The molecule has 0 radical (unpaired) electrons. The summed E-state index contributed by atoms with van der Waals surface area (Å²) in [5.74, 6) is 0.291. The van der Waals surface area contributed by atoms with Gasteiger partial charge in [0.15, 0.2) is 5.11 Å². The van der Waals surface area contributed by atoms with E-state index in [9.17, 15) is 5.11 Å². The quantitative estimate of drug-likeness (QED) is 0.794. The average molecular weight is 362 g/mol. The highest BCUT2D eigenvalue weighted by Crippen LogP contribution is 2.22. The van der Waals surface area contributed by atoms with Crippen LogP contribution in [0.1, 0.15) is 5.56 Å². The van der Waals surface area contributed by atoms with Crippen molar-refractivity contribution in [2.45, 2.75) is 6.92 Å². The molecule has 24 heavy (non-hydrogen) atoms. The minimum absolute atomic E-state index is 0.291. The minimum Gasteiger partial charge on any atom is -0.508 e. The fourth-order valence-electron chi connectivity index (χ4n) is 2.70. The molecule has 0 spiro atoms. The molecule has 2 aromatic rings. The number of anilines is 2. The van der Waals surface area contributed by atoms with E-state index in [-0.39, 0.29) is 0 Å². The zero-order valence-corrected chi connectivity index (χ0v) is 15.1. The summed E-state index contributed by atoms with van der Waals surface area (Å²) in [6.45, 7) is 5.47. The van der Waals surface area contributed by atoms with Gasteiger partial charge in [-0.05, 0) is 61.1 Å². The molecule has 2 N–H and O–H groups in total. The van der Waals surface area contributed by atoms with E-state index >= 15 is 0 Å². The van der Waals surface area contributed by atoms with Gasteiger partial charge < -0.3 is 20.2 Å². The van der Waals surface area contributed by atoms with E-state index in [1.807, 2.05) is 37.3 Å². The summed E-state index contributed by atoms with van der Waals surface area (Å²) in [5.41, 5.74) is 3.09. The summed E-state index contributed by atoms with van der Waals surface area (Å²) in [4.78, 5) is 4.46. The van der Waals surface area contributed by atoms with Gasteiger partial charge >= 0.3 is 0 Å². The van der Waals surface area contributed by atoms with Crippen molar-refractivity contribution in [3.05, 3.63) is 53.1 Å². The fraction of sp³-hybridized carbons (Fsp3) is 0.278. The number of hydrogen-bond acceptors (Lipinski definition) is 3. The van der Waals surface area contributed by atoms with Gasteiger partial charge in [-0.25, -0.2) is 0 Å². The fourth-order valence-corrected chi connectivity index (χ4v) is 3.19. The summed E-state index contributed by atoms with van der Waals surface area (Å²) >= 11 is 11.7. The molecule has 1 saturated heterocycles. The van der Waals surface area contributed by atoms with E-state index in [0.717, 1.165) is 53.3 Å². The third-order valence-corrected chi connectivity index (χ3v) is 4.97. The van der Waals surface area contributed by atoms with Crippen LogP contribution in [0.25, 0.3) is 0 Å². The number of thiocarbonyl (C=S) groups is 1. The average Bonchev–Trinajstić information content (AvgIpc) is 2.59. The highest BCUT2D eigenvalue weighted by molar-refractivity contribution is 7.80. The Bertz CT molecular complexity index is 728. The van der Waals surface area contributed by atoms with Gasteiger partial charge in [0.05, 0.1) is 0 Å². The Balaban J connectivity index is 1.56. The van der Waals surface area contributed by atoms with E-state index < -0.39 is 0 Å². The molecule has 4 nitrogen and oxygen atoms in total. The van der Waals surface area contributed by atoms with Crippen molar-refractivity contribution in [3.63, 3.8) is 0 Å². The van der Waals surface area contributed by atoms with Crippen LogP contribution in [0.3, 0.4) is 0 Å². The predicted molar refractivity (Wildman–Crippen MR) is 104 cm³/mol. The first-order chi connectivity index (χ1) is 11.5. The van der Waals surface area contributed by atoms with Crippen LogP contribution in [0.4, 0.5) is 11.4 Å². The van der Waals surface area contributed by atoms with Crippen molar-refractivity contribution in [3.8, 4) is 5.75 Å². The van der Waals surface area contributed by atoms with Crippen LogP contribution in [0.5, 0.6) is 5.75 Å². The first-order valence-corrected chi connectivity index (χ1v) is 8.67. The Morgan fingerprint density at radius 3 is 2.38 bits per heavy atom. The molecule has 1 heterocycles. The van der Waals surface area contributed by atoms with E-state index in [0.29, 0.717) is 5.75 Å². The molecular weight excluding hydrogens is 342 g/mol. The SMILES string of the molecule is Cc1ccc(NC(=S)N2CCN(c3ccc(O)cc3)CC2)cc1Cl. The topological polar surface area (TPSA) is 38.7 Å². The highest BCUT2D eigenvalue weighted by atomic mass is 35.5. The van der Waals surface area contributed by atoms with Crippen LogP contribution in [0.2, 0.25) is 5.02 Å². The van der Waals surface area contributed by atoms with Crippen LogP contribution in [0.15, 0.2) is 42.5 Å². The Morgan fingerprint density at radius 2 is 1.75 bits per heavy atom. The molecule has 1 aliphatic rings. The zero-order valence-electron chi connectivity index (χ0n) is 13.5. The van der Waals surface area contributed by atoms with Gasteiger partial charge in [-0.2, -0.15) is 0 Å². The molecular formula is C18H20ClN3OS. The number of nitrogens with zero attached hydrogens (tertiary/aromatic N) is 2. The van der Waals surface area contributed by atoms with Crippen molar-refractivity contribution in [1.82, 2.24) is 4.90 Å². The molecule has 1 aliphatic heterocycles. The summed E-state index contributed by atoms with van der Waals surface area (Å²) in [6, 6.07) is 13.2. The van der Waals surface area contributed by atoms with Gasteiger partial charge in [-0.15, -0.1) is 0 Å². The molecule has 0 unspecified atom stereocenters. The van der Waals surface area contributed by atoms with Crippen LogP contribution in [-0.4, -0.2) is 41.3 Å². The number of aromatic hydroxyl groups is 1. The van der Waals surface area contributed by atoms with E-state index in [4.69, 9.17) is 23.8 Å². The Hall–Kier alpha value is -1.98. The first-order valence-electron chi connectivity index (χ1n) is 7.89. The number of rotatable bonds is 2. The van der Waals surface area contributed by atoms with Crippen LogP contribution in [0, 0.1) is 6.92 Å². The van der Waals surface area contributed by atoms with Crippen molar-refractivity contribution < 1.29 is 5.11 Å². The minimum atomic E-state index is 0.291. The van der Waals surface area contributed by atoms with Crippen LogP contribution < -0.4 is 10.2 Å². The molecule has 0 amide bonds. The van der Waals surface area contributed by atoms with Crippen molar-refractivity contribution in [1.29, 1.82) is 0 Å². The molecule has 6 heteroatoms. The second kappa shape index (κ2) is 7.28. The number of phenolic OH excluding ortho intramolecular Hbond substituents is 1. The number of piperazine rings is 1. The molecule has 126 valence electrons. The van der Waals surface area contributed by atoms with E-state index in [1.54, 1.807) is 12.1 Å². The molecule has 0 saturated carbocycles. The highest BCUT2D eigenvalue weighted by Gasteiger charge is 2.19. The van der Waals surface area contributed by atoms with Crippen LogP contribution in [-0.2, 0) is 0 Å². The number of hydrogen-bond donors (Lipinski definition) is 2. The van der Waals surface area contributed by atoms with Crippen LogP contribution >= 0.6 is 23.8 Å². The maximum atomic E-state index is 9.39. The second-order valence-electron chi connectivity index (χ2n) is 5.88. The van der Waals surface area contributed by atoms with Gasteiger partial charge in [0.2, 0.25) is 0 Å². The Morgan fingerprint density at radius 1 is 1.08 bits per heavy atom. The van der Waals surface area contributed by atoms with Crippen molar-refractivity contribution in [2.75, 3.05) is 36.4 Å². The number of nitrogens with one attached hydrogen (secondary N) is 1.